The van der Waals surface area contributed by atoms with Gasteiger partial charge < -0.3 is 10.1 Å². The highest BCUT2D eigenvalue weighted by molar-refractivity contribution is 7.17. The van der Waals surface area contributed by atoms with E-state index in [1.807, 2.05) is 32.0 Å². The van der Waals surface area contributed by atoms with Crippen molar-refractivity contribution < 1.29 is 9.53 Å². The SMILES string of the molecule is CCCC(=O)Nc1cc(C)ccc1OCc1cc(=O)n2c3c(sc2n1)CCCC3. The van der Waals surface area contributed by atoms with E-state index in [1.54, 1.807) is 21.8 Å². The smallest absolute Gasteiger partial charge is 0.259 e. The summed E-state index contributed by atoms with van der Waals surface area (Å²) in [4.78, 5) is 31.4. The summed E-state index contributed by atoms with van der Waals surface area (Å²) < 4.78 is 7.70. The van der Waals surface area contributed by atoms with Gasteiger partial charge in [0.25, 0.3) is 5.56 Å². The van der Waals surface area contributed by atoms with Crippen LogP contribution in [0.5, 0.6) is 5.75 Å². The second kappa shape index (κ2) is 8.37. The number of ether oxygens (including phenoxy) is 1. The molecule has 29 heavy (non-hydrogen) atoms. The minimum Gasteiger partial charge on any atom is -0.485 e. The van der Waals surface area contributed by atoms with Gasteiger partial charge in [0.15, 0.2) is 4.96 Å². The van der Waals surface area contributed by atoms with Crippen molar-refractivity contribution >= 4 is 27.9 Å². The zero-order chi connectivity index (χ0) is 20.4. The first-order valence-electron chi connectivity index (χ1n) is 10.1. The number of nitrogens with zero attached hydrogens (tertiary/aromatic N) is 2. The van der Waals surface area contributed by atoms with Crippen molar-refractivity contribution in [3.63, 3.8) is 0 Å². The van der Waals surface area contributed by atoms with Crippen molar-refractivity contribution in [3.05, 3.63) is 56.4 Å². The molecule has 2 aromatic heterocycles. The van der Waals surface area contributed by atoms with Gasteiger partial charge in [-0.25, -0.2) is 4.98 Å². The molecule has 1 amide bonds. The Hall–Kier alpha value is -2.67. The second-order valence-corrected chi connectivity index (χ2v) is 8.53. The number of aromatic nitrogens is 2. The number of hydrogen-bond donors (Lipinski definition) is 1. The number of amides is 1. The molecule has 1 aliphatic carbocycles. The van der Waals surface area contributed by atoms with E-state index >= 15 is 0 Å². The van der Waals surface area contributed by atoms with Crippen molar-refractivity contribution in [2.75, 3.05) is 5.32 Å². The molecular formula is C22H25N3O3S. The lowest BCUT2D eigenvalue weighted by Gasteiger charge is -2.13. The highest BCUT2D eigenvalue weighted by atomic mass is 32.1. The third-order valence-electron chi connectivity index (χ3n) is 5.08. The fourth-order valence-corrected chi connectivity index (χ4v) is 4.91. The molecule has 1 N–H and O–H groups in total. The molecule has 0 fully saturated rings. The summed E-state index contributed by atoms with van der Waals surface area (Å²) in [5, 5.41) is 2.91. The van der Waals surface area contributed by atoms with Crippen LogP contribution in [-0.4, -0.2) is 15.3 Å². The normalized spacial score (nSPS) is 13.3. The van der Waals surface area contributed by atoms with Crippen molar-refractivity contribution in [2.24, 2.45) is 0 Å². The molecule has 152 valence electrons. The molecule has 0 spiro atoms. The largest absolute Gasteiger partial charge is 0.485 e. The van der Waals surface area contributed by atoms with E-state index in [9.17, 15) is 9.59 Å². The zero-order valence-electron chi connectivity index (χ0n) is 16.8. The summed E-state index contributed by atoms with van der Waals surface area (Å²) in [6, 6.07) is 7.22. The number of aryl methyl sites for hydroxylation is 3. The van der Waals surface area contributed by atoms with Crippen molar-refractivity contribution in [1.82, 2.24) is 9.38 Å². The number of rotatable bonds is 6. The van der Waals surface area contributed by atoms with E-state index in [-0.39, 0.29) is 18.1 Å². The van der Waals surface area contributed by atoms with Gasteiger partial charge in [-0.3, -0.25) is 14.0 Å². The molecule has 7 heteroatoms. The number of benzene rings is 1. The topological polar surface area (TPSA) is 72.7 Å². The second-order valence-electron chi connectivity index (χ2n) is 7.47. The standard InChI is InChI=1S/C22H25N3O3S/c1-3-6-20(26)24-16-11-14(2)9-10-18(16)28-13-15-12-21(27)25-17-7-4-5-8-19(17)29-22(25)23-15/h9-12H,3-8,13H2,1-2H3,(H,24,26). The highest BCUT2D eigenvalue weighted by Gasteiger charge is 2.18. The molecule has 0 unspecified atom stereocenters. The first-order chi connectivity index (χ1) is 14.0. The van der Waals surface area contributed by atoms with Crippen LogP contribution < -0.4 is 15.6 Å². The fraction of sp³-hybridized carbons (Fsp3) is 0.409. The first-order valence-corrected chi connectivity index (χ1v) is 10.9. The summed E-state index contributed by atoms with van der Waals surface area (Å²) in [5.74, 6) is 0.539. The van der Waals surface area contributed by atoms with Crippen LogP contribution in [0.4, 0.5) is 5.69 Å². The maximum atomic E-state index is 12.7. The number of fused-ring (bicyclic) bond motifs is 3. The summed E-state index contributed by atoms with van der Waals surface area (Å²) in [6.45, 7) is 4.11. The van der Waals surface area contributed by atoms with Gasteiger partial charge in [0.05, 0.1) is 11.4 Å². The zero-order valence-corrected chi connectivity index (χ0v) is 17.6. The fourth-order valence-electron chi connectivity index (χ4n) is 3.67. The lowest BCUT2D eigenvalue weighted by Crippen LogP contribution is -2.18. The minimum atomic E-state index is -0.0478. The van der Waals surface area contributed by atoms with E-state index in [2.05, 4.69) is 10.3 Å². The molecule has 4 rings (SSSR count). The molecule has 0 radical (unpaired) electrons. The van der Waals surface area contributed by atoms with E-state index in [4.69, 9.17) is 4.74 Å². The van der Waals surface area contributed by atoms with Gasteiger partial charge in [-0.05, 0) is 56.7 Å². The summed E-state index contributed by atoms with van der Waals surface area (Å²) in [5.41, 5.74) is 3.35. The van der Waals surface area contributed by atoms with E-state index in [1.165, 1.54) is 11.3 Å². The van der Waals surface area contributed by atoms with Gasteiger partial charge in [0.2, 0.25) is 5.91 Å². The first kappa shape index (κ1) is 19.6. The van der Waals surface area contributed by atoms with Gasteiger partial charge in [-0.2, -0.15) is 0 Å². The Balaban J connectivity index is 1.57. The van der Waals surface area contributed by atoms with Crippen molar-refractivity contribution in [2.45, 2.75) is 59.0 Å². The van der Waals surface area contributed by atoms with E-state index in [0.29, 0.717) is 23.6 Å². The Kier molecular flexibility index (Phi) is 5.67. The lowest BCUT2D eigenvalue weighted by atomic mass is 10.0. The maximum absolute atomic E-state index is 12.7. The van der Waals surface area contributed by atoms with Gasteiger partial charge >= 0.3 is 0 Å². The summed E-state index contributed by atoms with van der Waals surface area (Å²) in [6.07, 6.45) is 5.51. The number of nitrogens with one attached hydrogen (secondary N) is 1. The van der Waals surface area contributed by atoms with E-state index in [0.717, 1.165) is 41.9 Å². The third kappa shape index (κ3) is 4.19. The molecule has 3 aromatic rings. The molecule has 1 aliphatic rings. The van der Waals surface area contributed by atoms with Crippen LogP contribution in [0.1, 0.15) is 54.4 Å². The molecule has 6 nitrogen and oxygen atoms in total. The Morgan fingerprint density at radius 1 is 1.28 bits per heavy atom. The number of carbonyl (C=O) groups is 1. The van der Waals surface area contributed by atoms with Crippen LogP contribution in [-0.2, 0) is 24.2 Å². The molecule has 0 saturated carbocycles. The number of anilines is 1. The van der Waals surface area contributed by atoms with Crippen LogP contribution in [0.15, 0.2) is 29.1 Å². The quantitative estimate of drug-likeness (QED) is 0.658. The predicted octanol–water partition coefficient (Wildman–Crippen LogP) is 4.26. The lowest BCUT2D eigenvalue weighted by molar-refractivity contribution is -0.116. The summed E-state index contributed by atoms with van der Waals surface area (Å²) >= 11 is 1.61. The Morgan fingerprint density at radius 2 is 2.10 bits per heavy atom. The monoisotopic (exact) mass is 411 g/mol. The number of hydrogen-bond acceptors (Lipinski definition) is 5. The number of thiazole rings is 1. The molecular weight excluding hydrogens is 386 g/mol. The Bertz CT molecular complexity index is 1120. The van der Waals surface area contributed by atoms with Crippen molar-refractivity contribution in [1.29, 1.82) is 0 Å². The Morgan fingerprint density at radius 3 is 2.93 bits per heavy atom. The molecule has 2 heterocycles. The van der Waals surface area contributed by atoms with Crippen LogP contribution in [0, 0.1) is 6.92 Å². The van der Waals surface area contributed by atoms with Gasteiger partial charge in [-0.1, -0.05) is 13.0 Å². The van der Waals surface area contributed by atoms with Gasteiger partial charge in [0.1, 0.15) is 12.4 Å². The maximum Gasteiger partial charge on any atom is 0.259 e. The molecule has 0 saturated heterocycles. The third-order valence-corrected chi connectivity index (χ3v) is 6.22. The van der Waals surface area contributed by atoms with Crippen LogP contribution >= 0.6 is 11.3 Å². The molecule has 0 bridgehead atoms. The highest BCUT2D eigenvalue weighted by Crippen LogP contribution is 2.29. The average Bonchev–Trinajstić information content (AvgIpc) is 3.06. The average molecular weight is 412 g/mol. The summed E-state index contributed by atoms with van der Waals surface area (Å²) in [7, 11) is 0. The number of carbonyl (C=O) groups excluding carboxylic acids is 1. The molecule has 0 atom stereocenters. The predicted molar refractivity (Wildman–Crippen MR) is 115 cm³/mol. The Labute approximate surface area is 173 Å². The van der Waals surface area contributed by atoms with Crippen LogP contribution in [0.2, 0.25) is 0 Å². The van der Waals surface area contributed by atoms with Gasteiger partial charge in [0, 0.05) is 23.1 Å². The van der Waals surface area contributed by atoms with Crippen LogP contribution in [0.3, 0.4) is 0 Å². The minimum absolute atomic E-state index is 0.0371. The van der Waals surface area contributed by atoms with Crippen molar-refractivity contribution in [3.8, 4) is 5.75 Å². The molecule has 0 aliphatic heterocycles. The van der Waals surface area contributed by atoms with E-state index < -0.39 is 0 Å². The van der Waals surface area contributed by atoms with Crippen LogP contribution in [0.25, 0.3) is 4.96 Å². The van der Waals surface area contributed by atoms with Gasteiger partial charge in [-0.15, -0.1) is 11.3 Å². The molecule has 1 aromatic carbocycles.